The number of nitrogens with zero attached hydrogens (tertiary/aromatic N) is 2. The Bertz CT molecular complexity index is 622. The van der Waals surface area contributed by atoms with Crippen LogP contribution in [0.1, 0.15) is 23.4 Å². The van der Waals surface area contributed by atoms with Gasteiger partial charge in [-0.05, 0) is 23.3 Å². The van der Waals surface area contributed by atoms with E-state index in [1.165, 1.54) is 5.56 Å². The normalized spacial score (nSPS) is 14.6. The molecule has 2 heterocycles. The molecular weight excluding hydrogens is 271 g/mol. The molecule has 4 nitrogen and oxygen atoms in total. The van der Waals surface area contributed by atoms with Crippen LogP contribution in [0.3, 0.4) is 0 Å². The minimum Gasteiger partial charge on any atom is -0.334 e. The molecule has 1 aromatic carbocycles. The van der Waals surface area contributed by atoms with E-state index in [4.69, 9.17) is 4.52 Å². The minimum absolute atomic E-state index is 0.0796. The number of fused-ring (bicyclic) bond motifs is 1. The molecule has 0 unspecified atom stereocenters. The third-order valence-electron chi connectivity index (χ3n) is 3.18. The molecule has 1 aliphatic rings. The van der Waals surface area contributed by atoms with Gasteiger partial charge in [-0.1, -0.05) is 11.2 Å². The van der Waals surface area contributed by atoms with Crippen molar-refractivity contribution in [1.82, 2.24) is 15.5 Å². The summed E-state index contributed by atoms with van der Waals surface area (Å²) in [6, 6.07) is 5.73. The zero-order valence-corrected chi connectivity index (χ0v) is 10.5. The van der Waals surface area contributed by atoms with E-state index in [2.05, 4.69) is 15.5 Å². The van der Waals surface area contributed by atoms with E-state index in [1.54, 1.807) is 0 Å². The van der Waals surface area contributed by atoms with Crippen LogP contribution < -0.4 is 5.32 Å². The molecule has 3 rings (SSSR count). The summed E-state index contributed by atoms with van der Waals surface area (Å²) in [5.41, 5.74) is 3.10. The zero-order valence-electron chi connectivity index (χ0n) is 10.5. The first-order valence-electron chi connectivity index (χ1n) is 6.23. The SMILES string of the molecule is FC(F)(F)CCc1noc(-c2ccc3c(c2)CNC3)n1. The number of hydrogen-bond acceptors (Lipinski definition) is 4. The molecule has 7 heteroatoms. The quantitative estimate of drug-likeness (QED) is 0.941. The lowest BCUT2D eigenvalue weighted by Crippen LogP contribution is -2.09. The zero-order chi connectivity index (χ0) is 14.2. The van der Waals surface area contributed by atoms with Gasteiger partial charge in [0.05, 0.1) is 6.42 Å². The number of aromatic nitrogens is 2. The second kappa shape index (κ2) is 4.90. The maximum Gasteiger partial charge on any atom is 0.389 e. The molecule has 0 fully saturated rings. The van der Waals surface area contributed by atoms with Gasteiger partial charge in [-0.2, -0.15) is 18.2 Å². The average molecular weight is 283 g/mol. The van der Waals surface area contributed by atoms with Crippen molar-refractivity contribution in [1.29, 1.82) is 0 Å². The third kappa shape index (κ3) is 2.82. The molecule has 2 aromatic rings. The summed E-state index contributed by atoms with van der Waals surface area (Å²) in [5.74, 6) is 0.341. The Morgan fingerprint density at radius 1 is 1.20 bits per heavy atom. The minimum atomic E-state index is -4.21. The van der Waals surface area contributed by atoms with Gasteiger partial charge in [0.25, 0.3) is 5.89 Å². The van der Waals surface area contributed by atoms with Crippen LogP contribution in [0, 0.1) is 0 Å². The van der Waals surface area contributed by atoms with E-state index < -0.39 is 12.6 Å². The summed E-state index contributed by atoms with van der Waals surface area (Å²) in [7, 11) is 0. The highest BCUT2D eigenvalue weighted by Gasteiger charge is 2.27. The van der Waals surface area contributed by atoms with E-state index in [-0.39, 0.29) is 18.1 Å². The van der Waals surface area contributed by atoms with Gasteiger partial charge >= 0.3 is 6.18 Å². The third-order valence-corrected chi connectivity index (χ3v) is 3.18. The summed E-state index contributed by atoms with van der Waals surface area (Å²) in [6.07, 6.45) is -5.42. The van der Waals surface area contributed by atoms with Gasteiger partial charge in [0, 0.05) is 25.1 Å². The number of rotatable bonds is 3. The van der Waals surface area contributed by atoms with Crippen LogP contribution in [0.5, 0.6) is 0 Å². The highest BCUT2D eigenvalue weighted by molar-refractivity contribution is 5.56. The lowest BCUT2D eigenvalue weighted by Gasteiger charge is -2.02. The van der Waals surface area contributed by atoms with Gasteiger partial charge in [0.15, 0.2) is 5.82 Å². The fourth-order valence-corrected chi connectivity index (χ4v) is 2.15. The van der Waals surface area contributed by atoms with Crippen LogP contribution in [0.25, 0.3) is 11.5 Å². The fourth-order valence-electron chi connectivity index (χ4n) is 2.15. The number of alkyl halides is 3. The van der Waals surface area contributed by atoms with Crippen molar-refractivity contribution < 1.29 is 17.7 Å². The largest absolute Gasteiger partial charge is 0.389 e. The van der Waals surface area contributed by atoms with Gasteiger partial charge in [-0.15, -0.1) is 0 Å². The standard InChI is InChI=1S/C13H12F3N3O/c14-13(15,16)4-3-11-18-12(20-19-11)8-1-2-9-6-17-7-10(9)5-8/h1-2,5,17H,3-4,6-7H2. The van der Waals surface area contributed by atoms with E-state index in [0.717, 1.165) is 24.2 Å². The summed E-state index contributed by atoms with van der Waals surface area (Å²) in [6.45, 7) is 1.61. The Balaban J connectivity index is 1.76. The molecule has 0 saturated carbocycles. The van der Waals surface area contributed by atoms with Gasteiger partial charge in [0.2, 0.25) is 0 Å². The Morgan fingerprint density at radius 2 is 2.00 bits per heavy atom. The van der Waals surface area contributed by atoms with Crippen molar-refractivity contribution in [3.8, 4) is 11.5 Å². The molecule has 0 aliphatic carbocycles. The van der Waals surface area contributed by atoms with Crippen LogP contribution in [0.15, 0.2) is 22.7 Å². The van der Waals surface area contributed by atoms with Crippen LogP contribution in [-0.2, 0) is 19.5 Å². The lowest BCUT2D eigenvalue weighted by molar-refractivity contribution is -0.134. The Labute approximate surface area is 113 Å². The van der Waals surface area contributed by atoms with Crippen molar-refractivity contribution in [3.63, 3.8) is 0 Å². The van der Waals surface area contributed by atoms with E-state index in [0.29, 0.717) is 0 Å². The Morgan fingerprint density at radius 3 is 2.80 bits per heavy atom. The van der Waals surface area contributed by atoms with Crippen molar-refractivity contribution in [2.75, 3.05) is 0 Å². The second-order valence-corrected chi connectivity index (χ2v) is 4.72. The molecule has 0 saturated heterocycles. The van der Waals surface area contributed by atoms with E-state index in [1.807, 2.05) is 18.2 Å². The van der Waals surface area contributed by atoms with Crippen LogP contribution >= 0.6 is 0 Å². The molecule has 20 heavy (non-hydrogen) atoms. The summed E-state index contributed by atoms with van der Waals surface area (Å²) in [4.78, 5) is 4.01. The number of nitrogens with one attached hydrogen (secondary N) is 1. The number of halogens is 3. The van der Waals surface area contributed by atoms with E-state index in [9.17, 15) is 13.2 Å². The van der Waals surface area contributed by atoms with Crippen LogP contribution in [0.2, 0.25) is 0 Å². The van der Waals surface area contributed by atoms with Gasteiger partial charge < -0.3 is 9.84 Å². The van der Waals surface area contributed by atoms with Crippen molar-refractivity contribution in [3.05, 3.63) is 35.2 Å². The number of aryl methyl sites for hydroxylation is 1. The lowest BCUT2D eigenvalue weighted by atomic mass is 10.1. The molecular formula is C13H12F3N3O. The second-order valence-electron chi connectivity index (χ2n) is 4.72. The highest BCUT2D eigenvalue weighted by Crippen LogP contribution is 2.25. The van der Waals surface area contributed by atoms with E-state index >= 15 is 0 Å². The monoisotopic (exact) mass is 283 g/mol. The average Bonchev–Trinajstić information content (AvgIpc) is 3.03. The van der Waals surface area contributed by atoms with Gasteiger partial charge in [-0.25, -0.2) is 0 Å². The fraction of sp³-hybridized carbons (Fsp3) is 0.385. The summed E-state index contributed by atoms with van der Waals surface area (Å²) < 4.78 is 41.4. The smallest absolute Gasteiger partial charge is 0.334 e. The van der Waals surface area contributed by atoms with Crippen molar-refractivity contribution in [2.45, 2.75) is 32.1 Å². The maximum absolute atomic E-state index is 12.1. The van der Waals surface area contributed by atoms with Crippen LogP contribution in [0.4, 0.5) is 13.2 Å². The molecule has 1 aliphatic heterocycles. The summed E-state index contributed by atoms with van der Waals surface area (Å²) in [5, 5.41) is 6.80. The molecule has 1 aromatic heterocycles. The molecule has 1 N–H and O–H groups in total. The summed E-state index contributed by atoms with van der Waals surface area (Å²) >= 11 is 0. The van der Waals surface area contributed by atoms with Gasteiger partial charge in [0.1, 0.15) is 0 Å². The molecule has 0 bridgehead atoms. The predicted molar refractivity (Wildman–Crippen MR) is 64.7 cm³/mol. The molecule has 0 radical (unpaired) electrons. The van der Waals surface area contributed by atoms with Gasteiger partial charge in [-0.3, -0.25) is 0 Å². The first-order valence-corrected chi connectivity index (χ1v) is 6.23. The first-order chi connectivity index (χ1) is 9.51. The molecule has 0 amide bonds. The Kier molecular flexibility index (Phi) is 3.21. The van der Waals surface area contributed by atoms with Crippen molar-refractivity contribution >= 4 is 0 Å². The van der Waals surface area contributed by atoms with Crippen LogP contribution in [-0.4, -0.2) is 16.3 Å². The maximum atomic E-state index is 12.1. The Hall–Kier alpha value is -1.89. The van der Waals surface area contributed by atoms with Crippen molar-refractivity contribution in [2.24, 2.45) is 0 Å². The number of hydrogen-bond donors (Lipinski definition) is 1. The highest BCUT2D eigenvalue weighted by atomic mass is 19.4. The topological polar surface area (TPSA) is 51.0 Å². The molecule has 0 spiro atoms. The molecule has 0 atom stereocenters. The predicted octanol–water partition coefficient (Wildman–Crippen LogP) is 2.83. The number of benzene rings is 1. The first kappa shape index (κ1) is 13.1. The molecule has 106 valence electrons.